The molecule has 0 saturated carbocycles. The van der Waals surface area contributed by atoms with Crippen LogP contribution in [0.3, 0.4) is 0 Å². The van der Waals surface area contributed by atoms with Crippen molar-refractivity contribution in [2.45, 2.75) is 63.8 Å². The summed E-state index contributed by atoms with van der Waals surface area (Å²) in [4.78, 5) is 22.4. The van der Waals surface area contributed by atoms with E-state index in [-0.39, 0.29) is 13.0 Å². The fourth-order valence-electron chi connectivity index (χ4n) is 2.04. The highest BCUT2D eigenvalue weighted by Crippen LogP contribution is 2.20. The molecular weight excluding hydrogens is 300 g/mol. The van der Waals surface area contributed by atoms with Crippen LogP contribution in [-0.4, -0.2) is 34.7 Å². The van der Waals surface area contributed by atoms with Gasteiger partial charge in [-0.2, -0.15) is 0 Å². The van der Waals surface area contributed by atoms with E-state index in [0.29, 0.717) is 6.42 Å². The van der Waals surface area contributed by atoms with Crippen molar-refractivity contribution in [1.29, 1.82) is 0 Å². The first-order chi connectivity index (χ1) is 11.0. The fraction of sp³-hybridized carbons (Fsp3) is 0.647. The van der Waals surface area contributed by atoms with Crippen LogP contribution in [0, 0.1) is 0 Å². The van der Waals surface area contributed by atoms with Gasteiger partial charge in [-0.3, -0.25) is 0 Å². The minimum Gasteiger partial charge on any atom is -0.396 e. The first kappa shape index (κ1) is 21.3. The van der Waals surface area contributed by atoms with Crippen molar-refractivity contribution in [3.8, 4) is 0 Å². The van der Waals surface area contributed by atoms with Crippen molar-refractivity contribution in [3.63, 3.8) is 0 Å². The first-order valence-electron chi connectivity index (χ1n) is 8.01. The second-order valence-electron chi connectivity index (χ2n) is 5.27. The summed E-state index contributed by atoms with van der Waals surface area (Å²) in [5.41, 5.74) is 0. The third-order valence-electron chi connectivity index (χ3n) is 3.25. The molecule has 0 aliphatic heterocycles. The van der Waals surface area contributed by atoms with Crippen molar-refractivity contribution in [1.82, 2.24) is 0 Å². The third kappa shape index (κ3) is 11.5. The molecule has 0 aromatic rings. The van der Waals surface area contributed by atoms with E-state index >= 15 is 0 Å². The lowest BCUT2D eigenvalue weighted by atomic mass is 10.1. The van der Waals surface area contributed by atoms with Gasteiger partial charge in [-0.25, -0.2) is 9.59 Å². The lowest BCUT2D eigenvalue weighted by Gasteiger charge is -2.25. The average Bonchev–Trinajstić information content (AvgIpc) is 2.52. The number of carbonyl (C=O) groups excluding carboxylic acids is 2. The van der Waals surface area contributed by atoms with Gasteiger partial charge < -0.3 is 19.7 Å². The van der Waals surface area contributed by atoms with Crippen LogP contribution in [0.4, 0.5) is 0 Å². The maximum absolute atomic E-state index is 11.2. The van der Waals surface area contributed by atoms with Crippen LogP contribution in [0.2, 0.25) is 0 Å². The zero-order chi connectivity index (χ0) is 17.6. The minimum absolute atomic E-state index is 0.00330. The molecule has 0 radical (unpaired) electrons. The molecule has 6 heteroatoms. The van der Waals surface area contributed by atoms with E-state index in [1.807, 2.05) is 0 Å². The highest BCUT2D eigenvalue weighted by Gasteiger charge is 2.34. The van der Waals surface area contributed by atoms with Crippen LogP contribution in [0.1, 0.15) is 57.8 Å². The van der Waals surface area contributed by atoms with Crippen LogP contribution in [0.5, 0.6) is 0 Å². The Bertz CT molecular complexity index is 355. The predicted octanol–water partition coefficient (Wildman–Crippen LogP) is 2.59. The van der Waals surface area contributed by atoms with E-state index < -0.39 is 17.9 Å². The maximum Gasteiger partial charge on any atom is 0.373 e. The zero-order valence-electron chi connectivity index (χ0n) is 13.7. The number of esters is 2. The quantitative estimate of drug-likeness (QED) is 0.220. The monoisotopic (exact) mass is 328 g/mol. The van der Waals surface area contributed by atoms with Gasteiger partial charge in [-0.1, -0.05) is 51.7 Å². The summed E-state index contributed by atoms with van der Waals surface area (Å²) in [7, 11) is 0. The summed E-state index contributed by atoms with van der Waals surface area (Å²) in [6, 6.07) is 0. The Morgan fingerprint density at radius 3 is 1.61 bits per heavy atom. The number of ether oxygens (including phenoxy) is 2. The maximum atomic E-state index is 11.2. The molecule has 23 heavy (non-hydrogen) atoms. The van der Waals surface area contributed by atoms with Crippen molar-refractivity contribution >= 4 is 11.9 Å². The average molecular weight is 328 g/mol. The molecule has 0 amide bonds. The van der Waals surface area contributed by atoms with Crippen LogP contribution in [-0.2, 0) is 19.1 Å². The molecule has 0 spiro atoms. The molecule has 6 nitrogen and oxygen atoms in total. The molecule has 0 atom stereocenters. The molecular formula is C17H28O6. The van der Waals surface area contributed by atoms with Crippen molar-refractivity contribution < 1.29 is 29.3 Å². The molecule has 0 bridgehead atoms. The number of aliphatic hydroxyl groups is 2. The lowest BCUT2D eigenvalue weighted by Crippen LogP contribution is -2.39. The van der Waals surface area contributed by atoms with Gasteiger partial charge in [0.25, 0.3) is 0 Å². The molecule has 0 aliphatic rings. The Labute approximate surface area is 137 Å². The van der Waals surface area contributed by atoms with Crippen molar-refractivity contribution in [2.75, 3.05) is 6.61 Å². The van der Waals surface area contributed by atoms with E-state index in [4.69, 9.17) is 14.6 Å². The van der Waals surface area contributed by atoms with Gasteiger partial charge in [0.2, 0.25) is 0 Å². The van der Waals surface area contributed by atoms with Gasteiger partial charge in [-0.15, -0.1) is 0 Å². The lowest BCUT2D eigenvalue weighted by molar-refractivity contribution is -0.324. The highest BCUT2D eigenvalue weighted by molar-refractivity contribution is 5.83. The van der Waals surface area contributed by atoms with Crippen LogP contribution >= 0.6 is 0 Å². The summed E-state index contributed by atoms with van der Waals surface area (Å²) >= 11 is 0. The smallest absolute Gasteiger partial charge is 0.373 e. The SMILES string of the molecule is C=CC(=O)OC(O)(CCCCCCCCCCO)OC(=O)C=C. The van der Waals surface area contributed by atoms with Crippen molar-refractivity contribution in [3.05, 3.63) is 25.3 Å². The number of aliphatic hydroxyl groups excluding tert-OH is 1. The summed E-state index contributed by atoms with van der Waals surface area (Å²) < 4.78 is 9.43. The molecule has 0 saturated heterocycles. The number of hydrogen-bond donors (Lipinski definition) is 2. The Hall–Kier alpha value is -1.66. The van der Waals surface area contributed by atoms with Gasteiger partial charge in [0.15, 0.2) is 0 Å². The largest absolute Gasteiger partial charge is 0.396 e. The van der Waals surface area contributed by atoms with Gasteiger partial charge in [0, 0.05) is 18.8 Å². The number of rotatable bonds is 14. The van der Waals surface area contributed by atoms with E-state index in [9.17, 15) is 14.7 Å². The summed E-state index contributed by atoms with van der Waals surface area (Å²) in [6.07, 6.45) is 9.24. The predicted molar refractivity (Wildman–Crippen MR) is 86.2 cm³/mol. The zero-order valence-corrected chi connectivity index (χ0v) is 13.7. The number of unbranched alkanes of at least 4 members (excludes halogenated alkanes) is 7. The summed E-state index contributed by atoms with van der Waals surface area (Å²) in [5.74, 6) is -4.01. The molecule has 132 valence electrons. The van der Waals surface area contributed by atoms with Gasteiger partial charge >= 0.3 is 17.9 Å². The second kappa shape index (κ2) is 12.8. The molecule has 0 fully saturated rings. The van der Waals surface area contributed by atoms with Gasteiger partial charge in [0.1, 0.15) is 0 Å². The third-order valence-corrected chi connectivity index (χ3v) is 3.25. The molecule has 0 heterocycles. The Morgan fingerprint density at radius 1 is 0.826 bits per heavy atom. The Morgan fingerprint density at radius 2 is 1.22 bits per heavy atom. The topological polar surface area (TPSA) is 93.1 Å². The molecule has 2 N–H and O–H groups in total. The second-order valence-corrected chi connectivity index (χ2v) is 5.27. The number of hydrogen-bond acceptors (Lipinski definition) is 6. The van der Waals surface area contributed by atoms with Gasteiger partial charge in [-0.05, 0) is 12.8 Å². The standard InChI is InChI=1S/C17H28O6/c1-3-15(19)22-17(21,23-16(20)4-2)13-11-9-7-5-6-8-10-12-14-18/h3-4,18,21H,1-2,5-14H2. The van der Waals surface area contributed by atoms with Crippen LogP contribution in [0.15, 0.2) is 25.3 Å². The minimum atomic E-state index is -2.28. The summed E-state index contributed by atoms with van der Waals surface area (Å²) in [5, 5.41) is 18.8. The van der Waals surface area contributed by atoms with E-state index in [1.165, 1.54) is 0 Å². The Balaban J connectivity index is 4.04. The molecule has 0 aliphatic carbocycles. The highest BCUT2D eigenvalue weighted by atomic mass is 16.8. The van der Waals surface area contributed by atoms with E-state index in [2.05, 4.69) is 13.2 Å². The molecule has 0 unspecified atom stereocenters. The Kier molecular flexibility index (Phi) is 11.9. The fourth-order valence-corrected chi connectivity index (χ4v) is 2.04. The van der Waals surface area contributed by atoms with E-state index in [1.54, 1.807) is 0 Å². The summed E-state index contributed by atoms with van der Waals surface area (Å²) in [6.45, 7) is 6.71. The van der Waals surface area contributed by atoms with E-state index in [0.717, 1.165) is 57.1 Å². The first-order valence-corrected chi connectivity index (χ1v) is 8.01. The van der Waals surface area contributed by atoms with Crippen LogP contribution < -0.4 is 0 Å². The van der Waals surface area contributed by atoms with Crippen LogP contribution in [0.25, 0.3) is 0 Å². The normalized spacial score (nSPS) is 10.9. The molecule has 0 rings (SSSR count). The molecule has 0 aromatic heterocycles. The number of carbonyl (C=O) groups is 2. The molecule has 0 aromatic carbocycles. The van der Waals surface area contributed by atoms with Gasteiger partial charge in [0.05, 0.1) is 6.42 Å². The van der Waals surface area contributed by atoms with Crippen molar-refractivity contribution in [2.24, 2.45) is 0 Å².